The second-order valence-electron chi connectivity index (χ2n) is 10.7. The third-order valence-electron chi connectivity index (χ3n) is 7.68. The van der Waals surface area contributed by atoms with E-state index in [1.807, 2.05) is 6.92 Å². The molecular weight excluding hydrogens is 573 g/mol. The summed E-state index contributed by atoms with van der Waals surface area (Å²) in [6.07, 6.45) is 3.79. The minimum Gasteiger partial charge on any atom is -0.493 e. The van der Waals surface area contributed by atoms with Crippen LogP contribution in [0.1, 0.15) is 43.7 Å². The lowest BCUT2D eigenvalue weighted by Gasteiger charge is -2.32. The standard InChI is InChI=1S/C32H38FN3O6S/c1-22-9-15-27(16-10-22)36(43(39,40)28-17-18-29(41-3)30(19-28)42-4)21-31(37)35(20-24-11-13-25(33)14-12-24)23(2)32(38)34-26-7-5-6-8-26/h9-19,23,26H,5-8,20-21H2,1-4H3,(H,34,38). The molecule has 9 nitrogen and oxygen atoms in total. The minimum atomic E-state index is -4.30. The molecule has 1 saturated carbocycles. The molecule has 3 aromatic rings. The molecule has 2 amide bonds. The van der Waals surface area contributed by atoms with Crippen molar-refractivity contribution in [1.29, 1.82) is 0 Å². The lowest BCUT2D eigenvalue weighted by atomic mass is 10.1. The van der Waals surface area contributed by atoms with Crippen LogP contribution in [0.15, 0.2) is 71.6 Å². The third-order valence-corrected chi connectivity index (χ3v) is 9.45. The van der Waals surface area contributed by atoms with E-state index >= 15 is 0 Å². The number of carbonyl (C=O) groups is 2. The molecule has 0 aromatic heterocycles. The number of hydrogen-bond acceptors (Lipinski definition) is 6. The van der Waals surface area contributed by atoms with Crippen molar-refractivity contribution < 1.29 is 31.9 Å². The van der Waals surface area contributed by atoms with Gasteiger partial charge < -0.3 is 19.7 Å². The quantitative estimate of drug-likeness (QED) is 0.315. The smallest absolute Gasteiger partial charge is 0.264 e. The van der Waals surface area contributed by atoms with Crippen LogP contribution < -0.4 is 19.1 Å². The van der Waals surface area contributed by atoms with E-state index < -0.39 is 34.3 Å². The molecular formula is C32H38FN3O6S. The molecule has 11 heteroatoms. The molecule has 230 valence electrons. The first-order valence-electron chi connectivity index (χ1n) is 14.2. The van der Waals surface area contributed by atoms with Gasteiger partial charge in [-0.05, 0) is 68.7 Å². The van der Waals surface area contributed by atoms with Crippen molar-refractivity contribution in [1.82, 2.24) is 10.2 Å². The van der Waals surface area contributed by atoms with Crippen LogP contribution in [0.25, 0.3) is 0 Å². The number of benzene rings is 3. The summed E-state index contributed by atoms with van der Waals surface area (Å²) in [6, 6.07) is 15.7. The first kappa shape index (κ1) is 31.8. The van der Waals surface area contributed by atoms with Crippen LogP contribution in [0.3, 0.4) is 0 Å². The zero-order valence-corrected chi connectivity index (χ0v) is 25.7. The third kappa shape index (κ3) is 7.64. The van der Waals surface area contributed by atoms with Gasteiger partial charge in [0.1, 0.15) is 18.4 Å². The number of aryl methyl sites for hydroxylation is 1. The first-order valence-corrected chi connectivity index (χ1v) is 15.6. The molecule has 0 aliphatic heterocycles. The molecule has 0 bridgehead atoms. The van der Waals surface area contributed by atoms with Gasteiger partial charge in [0.2, 0.25) is 11.8 Å². The Hall–Kier alpha value is -4.12. The number of sulfonamides is 1. The zero-order valence-electron chi connectivity index (χ0n) is 24.9. The molecule has 1 atom stereocenters. The van der Waals surface area contributed by atoms with Gasteiger partial charge in [0.05, 0.1) is 24.8 Å². The average Bonchev–Trinajstić information content (AvgIpc) is 3.52. The lowest BCUT2D eigenvalue weighted by Crippen LogP contribution is -2.52. The Labute approximate surface area is 252 Å². The van der Waals surface area contributed by atoms with Crippen molar-refractivity contribution in [2.45, 2.75) is 63.1 Å². The SMILES string of the molecule is COc1ccc(S(=O)(=O)N(CC(=O)N(Cc2ccc(F)cc2)C(C)C(=O)NC2CCCC2)c2ccc(C)cc2)cc1OC. The van der Waals surface area contributed by atoms with Gasteiger partial charge in [-0.2, -0.15) is 0 Å². The predicted molar refractivity (Wildman–Crippen MR) is 162 cm³/mol. The van der Waals surface area contributed by atoms with Crippen molar-refractivity contribution in [3.8, 4) is 11.5 Å². The Balaban J connectivity index is 1.71. The van der Waals surface area contributed by atoms with Gasteiger partial charge in [-0.1, -0.05) is 42.7 Å². The van der Waals surface area contributed by atoms with Gasteiger partial charge in [0, 0.05) is 18.7 Å². The molecule has 3 aromatic carbocycles. The van der Waals surface area contributed by atoms with E-state index in [9.17, 15) is 22.4 Å². The molecule has 0 heterocycles. The summed E-state index contributed by atoms with van der Waals surface area (Å²) in [4.78, 5) is 28.6. The largest absolute Gasteiger partial charge is 0.493 e. The maximum atomic E-state index is 14.1. The maximum absolute atomic E-state index is 14.1. The number of methoxy groups -OCH3 is 2. The second-order valence-corrected chi connectivity index (χ2v) is 12.5. The minimum absolute atomic E-state index is 0.0174. The Morgan fingerprint density at radius 1 is 0.953 bits per heavy atom. The van der Waals surface area contributed by atoms with Crippen LogP contribution in [0, 0.1) is 12.7 Å². The number of carbonyl (C=O) groups excluding carboxylic acids is 2. The maximum Gasteiger partial charge on any atom is 0.264 e. The summed E-state index contributed by atoms with van der Waals surface area (Å²) in [5.41, 5.74) is 1.78. The topological polar surface area (TPSA) is 105 Å². The van der Waals surface area contributed by atoms with E-state index in [1.54, 1.807) is 31.2 Å². The van der Waals surface area contributed by atoms with Crippen LogP contribution in [-0.4, -0.2) is 58.0 Å². The fraction of sp³-hybridized carbons (Fsp3) is 0.375. The Kier molecular flexibility index (Phi) is 10.3. The molecule has 0 spiro atoms. The highest BCUT2D eigenvalue weighted by Gasteiger charge is 2.33. The van der Waals surface area contributed by atoms with Crippen LogP contribution in [0.2, 0.25) is 0 Å². The summed E-state index contributed by atoms with van der Waals surface area (Å²) in [5, 5.41) is 3.03. The highest BCUT2D eigenvalue weighted by Crippen LogP contribution is 2.32. The van der Waals surface area contributed by atoms with E-state index in [4.69, 9.17) is 9.47 Å². The van der Waals surface area contributed by atoms with Crippen molar-refractivity contribution in [2.24, 2.45) is 0 Å². The molecule has 4 rings (SSSR count). The summed E-state index contributed by atoms with van der Waals surface area (Å²) >= 11 is 0. The van der Waals surface area contributed by atoms with E-state index in [2.05, 4.69) is 5.32 Å². The molecule has 43 heavy (non-hydrogen) atoms. The molecule has 1 unspecified atom stereocenters. The summed E-state index contributed by atoms with van der Waals surface area (Å²) in [6.45, 7) is 2.89. The number of amides is 2. The van der Waals surface area contributed by atoms with Gasteiger partial charge in [-0.25, -0.2) is 12.8 Å². The van der Waals surface area contributed by atoms with E-state index in [0.717, 1.165) is 35.6 Å². The average molecular weight is 612 g/mol. The van der Waals surface area contributed by atoms with Gasteiger partial charge >= 0.3 is 0 Å². The summed E-state index contributed by atoms with van der Waals surface area (Å²) in [5.74, 6) is -0.781. The fourth-order valence-electron chi connectivity index (χ4n) is 5.11. The Morgan fingerprint density at radius 2 is 1.58 bits per heavy atom. The number of ether oxygens (including phenoxy) is 2. The van der Waals surface area contributed by atoms with Crippen molar-refractivity contribution in [3.05, 3.63) is 83.7 Å². The highest BCUT2D eigenvalue weighted by atomic mass is 32.2. The Morgan fingerprint density at radius 3 is 2.19 bits per heavy atom. The van der Waals surface area contributed by atoms with Gasteiger partial charge in [0.25, 0.3) is 10.0 Å². The Bertz CT molecular complexity index is 1520. The second kappa shape index (κ2) is 13.9. The highest BCUT2D eigenvalue weighted by molar-refractivity contribution is 7.92. The number of nitrogens with one attached hydrogen (secondary N) is 1. The summed E-state index contributed by atoms with van der Waals surface area (Å²) < 4.78 is 53.5. The zero-order chi connectivity index (χ0) is 31.1. The molecule has 1 N–H and O–H groups in total. The number of rotatable bonds is 12. The van der Waals surface area contributed by atoms with Crippen LogP contribution >= 0.6 is 0 Å². The number of nitrogens with zero attached hydrogens (tertiary/aromatic N) is 2. The van der Waals surface area contributed by atoms with E-state index in [-0.39, 0.29) is 34.8 Å². The van der Waals surface area contributed by atoms with Crippen LogP contribution in [-0.2, 0) is 26.2 Å². The number of halogens is 1. The number of anilines is 1. The van der Waals surface area contributed by atoms with Crippen molar-refractivity contribution in [3.63, 3.8) is 0 Å². The molecule has 1 aliphatic carbocycles. The van der Waals surface area contributed by atoms with Gasteiger partial charge in [0.15, 0.2) is 11.5 Å². The fourth-order valence-corrected chi connectivity index (χ4v) is 6.54. The van der Waals surface area contributed by atoms with E-state index in [1.165, 1.54) is 61.6 Å². The number of hydrogen-bond donors (Lipinski definition) is 1. The molecule has 0 radical (unpaired) electrons. The molecule has 1 fully saturated rings. The monoisotopic (exact) mass is 611 g/mol. The van der Waals surface area contributed by atoms with Gasteiger partial charge in [-0.15, -0.1) is 0 Å². The van der Waals surface area contributed by atoms with Crippen LogP contribution in [0.4, 0.5) is 10.1 Å². The lowest BCUT2D eigenvalue weighted by molar-refractivity contribution is -0.139. The normalized spacial score (nSPS) is 14.2. The van der Waals surface area contributed by atoms with Gasteiger partial charge in [-0.3, -0.25) is 13.9 Å². The summed E-state index contributed by atoms with van der Waals surface area (Å²) in [7, 11) is -1.44. The first-order chi connectivity index (χ1) is 20.5. The molecule has 0 saturated heterocycles. The molecule has 1 aliphatic rings. The van der Waals surface area contributed by atoms with Crippen molar-refractivity contribution >= 4 is 27.5 Å². The van der Waals surface area contributed by atoms with E-state index in [0.29, 0.717) is 11.3 Å². The van der Waals surface area contributed by atoms with Crippen molar-refractivity contribution in [2.75, 3.05) is 25.1 Å². The predicted octanol–water partition coefficient (Wildman–Crippen LogP) is 4.82. The van der Waals surface area contributed by atoms with Crippen LogP contribution in [0.5, 0.6) is 11.5 Å².